The number of halogens is 3. The van der Waals surface area contributed by atoms with E-state index < -0.39 is 12.1 Å². The van der Waals surface area contributed by atoms with E-state index in [1.807, 2.05) is 0 Å². The molecule has 0 unspecified atom stereocenters. The fourth-order valence-corrected chi connectivity index (χ4v) is 1.20. The summed E-state index contributed by atoms with van der Waals surface area (Å²) in [4.78, 5) is 13.7. The van der Waals surface area contributed by atoms with E-state index in [1.54, 1.807) is 0 Å². The molecule has 0 amide bonds. The van der Waals surface area contributed by atoms with E-state index in [1.165, 1.54) is 0 Å². The van der Waals surface area contributed by atoms with Gasteiger partial charge in [0.05, 0.1) is 5.69 Å². The largest absolute Gasteiger partial charge is 0.396 e. The monoisotopic (exact) mass is 250 g/mol. The van der Waals surface area contributed by atoms with Crippen molar-refractivity contribution in [1.82, 2.24) is 4.98 Å². The minimum Gasteiger partial charge on any atom is -0.396 e. The predicted molar refractivity (Wildman–Crippen MR) is 46.7 cm³/mol. The normalized spacial score (nSPS) is 10.5. The zero-order valence-corrected chi connectivity index (χ0v) is 7.88. The van der Waals surface area contributed by atoms with E-state index in [4.69, 9.17) is 5.73 Å². The van der Waals surface area contributed by atoms with Crippen molar-refractivity contribution >= 4 is 27.9 Å². The van der Waals surface area contributed by atoms with E-state index >= 15 is 0 Å². The standard InChI is InChI=1S/C7H5BrF2N2O/c8-3-1-4(7(9)10)12-5(2-13)6(3)11/h1-2,7H,11H2. The predicted octanol–water partition coefficient (Wildman–Crippen LogP) is 2.18. The Kier molecular flexibility index (Phi) is 2.92. The van der Waals surface area contributed by atoms with Gasteiger partial charge < -0.3 is 5.73 Å². The molecular formula is C7H5BrF2N2O. The Labute approximate surface area is 81.1 Å². The van der Waals surface area contributed by atoms with Crippen LogP contribution in [0.5, 0.6) is 0 Å². The molecule has 1 aromatic heterocycles. The number of anilines is 1. The summed E-state index contributed by atoms with van der Waals surface area (Å²) in [5.74, 6) is 0. The van der Waals surface area contributed by atoms with Crippen LogP contribution in [-0.4, -0.2) is 11.3 Å². The second-order valence-electron chi connectivity index (χ2n) is 2.25. The van der Waals surface area contributed by atoms with E-state index in [9.17, 15) is 13.6 Å². The Hall–Kier alpha value is -1.04. The van der Waals surface area contributed by atoms with Gasteiger partial charge in [0.1, 0.15) is 11.4 Å². The van der Waals surface area contributed by atoms with Gasteiger partial charge in [-0.05, 0) is 22.0 Å². The maximum Gasteiger partial charge on any atom is 0.280 e. The Morgan fingerprint density at radius 2 is 2.23 bits per heavy atom. The van der Waals surface area contributed by atoms with Gasteiger partial charge in [-0.3, -0.25) is 4.79 Å². The number of nitrogens with two attached hydrogens (primary N) is 1. The maximum absolute atomic E-state index is 12.2. The van der Waals surface area contributed by atoms with Gasteiger partial charge >= 0.3 is 0 Å². The minimum absolute atomic E-state index is 0.0689. The lowest BCUT2D eigenvalue weighted by Gasteiger charge is -2.04. The van der Waals surface area contributed by atoms with Crippen molar-refractivity contribution in [2.24, 2.45) is 0 Å². The topological polar surface area (TPSA) is 56.0 Å². The number of aromatic nitrogens is 1. The molecule has 0 aliphatic rings. The first-order valence-electron chi connectivity index (χ1n) is 3.25. The second kappa shape index (κ2) is 3.78. The highest BCUT2D eigenvalue weighted by Crippen LogP contribution is 2.26. The lowest BCUT2D eigenvalue weighted by molar-refractivity contribution is 0.111. The molecule has 0 atom stereocenters. The molecule has 0 saturated heterocycles. The maximum atomic E-state index is 12.2. The van der Waals surface area contributed by atoms with Crippen molar-refractivity contribution in [3.63, 3.8) is 0 Å². The summed E-state index contributed by atoms with van der Waals surface area (Å²) in [6.45, 7) is 0. The average Bonchev–Trinajstić information content (AvgIpc) is 2.09. The van der Waals surface area contributed by atoms with Gasteiger partial charge in [0, 0.05) is 4.47 Å². The van der Waals surface area contributed by atoms with Crippen molar-refractivity contribution in [1.29, 1.82) is 0 Å². The Bertz CT molecular complexity index is 344. The number of rotatable bonds is 2. The van der Waals surface area contributed by atoms with Crippen LogP contribution in [0.4, 0.5) is 14.5 Å². The molecular weight excluding hydrogens is 246 g/mol. The number of pyridine rings is 1. The van der Waals surface area contributed by atoms with Crippen LogP contribution in [0.15, 0.2) is 10.5 Å². The van der Waals surface area contributed by atoms with Crippen molar-refractivity contribution < 1.29 is 13.6 Å². The lowest BCUT2D eigenvalue weighted by atomic mass is 10.3. The number of aldehydes is 1. The van der Waals surface area contributed by atoms with Crippen LogP contribution >= 0.6 is 15.9 Å². The molecule has 0 radical (unpaired) electrons. The third kappa shape index (κ3) is 2.00. The fourth-order valence-electron chi connectivity index (χ4n) is 0.763. The molecule has 0 fully saturated rings. The Morgan fingerprint density at radius 1 is 1.62 bits per heavy atom. The van der Waals surface area contributed by atoms with E-state index in [0.717, 1.165) is 6.07 Å². The quantitative estimate of drug-likeness (QED) is 0.819. The summed E-state index contributed by atoms with van der Waals surface area (Å²) in [5, 5.41) is 0. The first-order valence-corrected chi connectivity index (χ1v) is 4.04. The van der Waals surface area contributed by atoms with Gasteiger partial charge in [0.2, 0.25) is 0 Å². The highest BCUT2D eigenvalue weighted by Gasteiger charge is 2.13. The lowest BCUT2D eigenvalue weighted by Crippen LogP contribution is -2.01. The summed E-state index contributed by atoms with van der Waals surface area (Å²) < 4.78 is 24.6. The van der Waals surface area contributed by atoms with Gasteiger partial charge in [-0.1, -0.05) is 0 Å². The minimum atomic E-state index is -2.71. The number of nitrogens with zero attached hydrogens (tertiary/aromatic N) is 1. The van der Waals surface area contributed by atoms with Crippen molar-refractivity contribution in [3.8, 4) is 0 Å². The Balaban J connectivity index is 3.30. The molecule has 1 rings (SSSR count). The molecule has 0 saturated carbocycles. The first kappa shape index (κ1) is 10.0. The number of carbonyl (C=O) groups is 1. The molecule has 1 aromatic rings. The van der Waals surface area contributed by atoms with Gasteiger partial charge in [-0.15, -0.1) is 0 Å². The van der Waals surface area contributed by atoms with Crippen LogP contribution in [0, 0.1) is 0 Å². The van der Waals surface area contributed by atoms with Crippen LogP contribution in [0.1, 0.15) is 22.6 Å². The van der Waals surface area contributed by atoms with Crippen molar-refractivity contribution in [3.05, 3.63) is 21.9 Å². The van der Waals surface area contributed by atoms with E-state index in [0.29, 0.717) is 6.29 Å². The van der Waals surface area contributed by atoms with Crippen LogP contribution < -0.4 is 5.73 Å². The van der Waals surface area contributed by atoms with E-state index in [2.05, 4.69) is 20.9 Å². The molecule has 0 spiro atoms. The third-order valence-corrected chi connectivity index (χ3v) is 2.05. The van der Waals surface area contributed by atoms with Gasteiger partial charge in [0.15, 0.2) is 6.29 Å². The molecule has 0 aliphatic heterocycles. The molecule has 3 nitrogen and oxygen atoms in total. The fraction of sp³-hybridized carbons (Fsp3) is 0.143. The van der Waals surface area contributed by atoms with Crippen molar-refractivity contribution in [2.75, 3.05) is 5.73 Å². The molecule has 2 N–H and O–H groups in total. The second-order valence-corrected chi connectivity index (χ2v) is 3.10. The highest BCUT2D eigenvalue weighted by atomic mass is 79.9. The zero-order valence-electron chi connectivity index (χ0n) is 6.30. The molecule has 1 heterocycles. The summed E-state index contributed by atoms with van der Waals surface area (Å²) in [6, 6.07) is 1.09. The van der Waals surface area contributed by atoms with Crippen molar-refractivity contribution in [2.45, 2.75) is 6.43 Å². The van der Waals surface area contributed by atoms with Gasteiger partial charge in [0.25, 0.3) is 6.43 Å². The molecule has 13 heavy (non-hydrogen) atoms. The highest BCUT2D eigenvalue weighted by molar-refractivity contribution is 9.10. The molecule has 6 heteroatoms. The van der Waals surface area contributed by atoms with Crippen LogP contribution in [0.25, 0.3) is 0 Å². The summed E-state index contributed by atoms with van der Waals surface area (Å²) in [6.07, 6.45) is -2.37. The van der Waals surface area contributed by atoms with E-state index in [-0.39, 0.29) is 15.9 Å². The number of hydrogen-bond donors (Lipinski definition) is 1. The number of carbonyl (C=O) groups excluding carboxylic acids is 1. The third-order valence-electron chi connectivity index (χ3n) is 1.39. The average molecular weight is 251 g/mol. The van der Waals surface area contributed by atoms with Gasteiger partial charge in [-0.2, -0.15) is 0 Å². The first-order chi connectivity index (χ1) is 6.06. The summed E-state index contributed by atoms with van der Waals surface area (Å²) >= 11 is 2.95. The number of nitrogen functional groups attached to an aromatic ring is 1. The van der Waals surface area contributed by atoms with Crippen LogP contribution in [0.2, 0.25) is 0 Å². The Morgan fingerprint density at radius 3 is 2.69 bits per heavy atom. The summed E-state index contributed by atoms with van der Waals surface area (Å²) in [5.41, 5.74) is 4.80. The molecule has 0 aromatic carbocycles. The number of hydrogen-bond acceptors (Lipinski definition) is 3. The molecule has 0 bridgehead atoms. The van der Waals surface area contributed by atoms with Crippen LogP contribution in [0.3, 0.4) is 0 Å². The molecule has 0 aliphatic carbocycles. The molecule has 70 valence electrons. The van der Waals surface area contributed by atoms with Crippen LogP contribution in [-0.2, 0) is 0 Å². The van der Waals surface area contributed by atoms with Gasteiger partial charge in [-0.25, -0.2) is 13.8 Å². The zero-order chi connectivity index (χ0) is 10.0. The SMILES string of the molecule is Nc1c(Br)cc(C(F)F)nc1C=O. The summed E-state index contributed by atoms with van der Waals surface area (Å²) in [7, 11) is 0. The number of alkyl halides is 2. The smallest absolute Gasteiger partial charge is 0.280 e.